The monoisotopic (exact) mass is 531 g/mol. The third-order valence-corrected chi connectivity index (χ3v) is 7.25. The van der Waals surface area contributed by atoms with E-state index in [1.54, 1.807) is 12.1 Å². The maximum atomic E-state index is 14.1. The zero-order valence-electron chi connectivity index (χ0n) is 21.3. The van der Waals surface area contributed by atoms with Crippen molar-refractivity contribution >= 4 is 16.0 Å². The Balaban J connectivity index is 1.61. The number of hydrogen-bond acceptors (Lipinski definition) is 4. The maximum absolute atomic E-state index is 14.1. The number of rotatable bonds is 10. The van der Waals surface area contributed by atoms with E-state index in [4.69, 9.17) is 4.18 Å². The quantitative estimate of drug-likeness (QED) is 0.222. The van der Waals surface area contributed by atoms with Crippen LogP contribution in [-0.2, 0) is 21.5 Å². The average molecular weight is 532 g/mol. The Morgan fingerprint density at radius 2 is 1.39 bits per heavy atom. The topological polar surface area (TPSA) is 63.7 Å². The van der Waals surface area contributed by atoms with E-state index in [2.05, 4.69) is 13.8 Å². The molecule has 1 amide bonds. The van der Waals surface area contributed by atoms with Gasteiger partial charge in [0.15, 0.2) is 0 Å². The highest BCUT2D eigenvalue weighted by atomic mass is 32.2. The van der Waals surface area contributed by atoms with E-state index in [9.17, 15) is 17.6 Å². The van der Waals surface area contributed by atoms with Gasteiger partial charge in [-0.25, -0.2) is 4.39 Å². The van der Waals surface area contributed by atoms with Gasteiger partial charge < -0.3 is 9.08 Å². The Morgan fingerprint density at radius 3 is 1.95 bits per heavy atom. The minimum absolute atomic E-state index is 0.0404. The first kappa shape index (κ1) is 27.1. The van der Waals surface area contributed by atoms with Crippen LogP contribution >= 0.6 is 0 Å². The van der Waals surface area contributed by atoms with Gasteiger partial charge in [0.1, 0.15) is 16.5 Å². The third-order valence-electron chi connectivity index (χ3n) is 5.99. The fourth-order valence-corrected chi connectivity index (χ4v) is 5.24. The molecule has 0 aromatic heterocycles. The molecule has 4 aromatic rings. The molecule has 0 aliphatic heterocycles. The van der Waals surface area contributed by atoms with Crippen LogP contribution in [0.1, 0.15) is 36.5 Å². The van der Waals surface area contributed by atoms with Crippen molar-refractivity contribution in [2.45, 2.75) is 31.2 Å². The molecule has 4 rings (SSSR count). The summed E-state index contributed by atoms with van der Waals surface area (Å²) in [5.74, 6) is -0.725. The van der Waals surface area contributed by atoms with E-state index >= 15 is 0 Å². The zero-order valence-corrected chi connectivity index (χ0v) is 22.1. The Bertz CT molecular complexity index is 1420. The summed E-state index contributed by atoms with van der Waals surface area (Å²) in [6.07, 6.45) is 0. The van der Waals surface area contributed by atoms with Crippen LogP contribution in [-0.4, -0.2) is 25.8 Å². The molecule has 0 N–H and O–H groups in total. The minimum atomic E-state index is -4.14. The Labute approximate surface area is 223 Å². The van der Waals surface area contributed by atoms with E-state index in [0.717, 1.165) is 41.0 Å². The number of hydrogen-bond donors (Lipinski definition) is 0. The summed E-state index contributed by atoms with van der Waals surface area (Å²) in [5, 5.41) is 0. The standard InChI is InChI=1S/C31H30FNO4S/c1-23(2)21-33(31(34)30(25-11-5-3-6-12-25)26-13-7-4-8-14-26)22-24-10-9-15-28(20-24)37-38(35,36)29-18-16-27(32)17-19-29/h3-20,23,30H,21-22H2,1-2H3. The second-order valence-corrected chi connectivity index (χ2v) is 11.1. The molecule has 38 heavy (non-hydrogen) atoms. The van der Waals surface area contributed by atoms with E-state index in [-0.39, 0.29) is 29.0 Å². The van der Waals surface area contributed by atoms with Gasteiger partial charge in [-0.05, 0) is 59.0 Å². The maximum Gasteiger partial charge on any atom is 0.339 e. The molecule has 0 saturated heterocycles. The molecule has 5 nitrogen and oxygen atoms in total. The molecule has 0 radical (unpaired) electrons. The van der Waals surface area contributed by atoms with Gasteiger partial charge in [-0.3, -0.25) is 4.79 Å². The van der Waals surface area contributed by atoms with Crippen LogP contribution in [0.3, 0.4) is 0 Å². The van der Waals surface area contributed by atoms with Crippen LogP contribution in [0.25, 0.3) is 0 Å². The first-order chi connectivity index (χ1) is 18.2. The lowest BCUT2D eigenvalue weighted by Crippen LogP contribution is -2.37. The molecule has 0 atom stereocenters. The van der Waals surface area contributed by atoms with Crippen molar-refractivity contribution in [3.8, 4) is 5.75 Å². The van der Waals surface area contributed by atoms with Gasteiger partial charge in [-0.2, -0.15) is 8.42 Å². The van der Waals surface area contributed by atoms with Crippen LogP contribution in [0.4, 0.5) is 4.39 Å². The lowest BCUT2D eigenvalue weighted by molar-refractivity contribution is -0.133. The van der Waals surface area contributed by atoms with E-state index < -0.39 is 21.9 Å². The van der Waals surface area contributed by atoms with Gasteiger partial charge in [0, 0.05) is 13.1 Å². The minimum Gasteiger partial charge on any atom is -0.379 e. The number of halogens is 1. The van der Waals surface area contributed by atoms with Crippen molar-refractivity contribution < 1.29 is 21.8 Å². The molecule has 0 unspecified atom stereocenters. The molecule has 0 heterocycles. The summed E-state index contributed by atoms with van der Waals surface area (Å²) < 4.78 is 43.9. The lowest BCUT2D eigenvalue weighted by Gasteiger charge is -2.29. The van der Waals surface area contributed by atoms with Crippen LogP contribution < -0.4 is 4.18 Å². The third kappa shape index (κ3) is 6.86. The lowest BCUT2D eigenvalue weighted by atomic mass is 9.89. The normalized spacial score (nSPS) is 11.5. The second-order valence-electron chi connectivity index (χ2n) is 9.51. The summed E-state index contributed by atoms with van der Waals surface area (Å²) in [6.45, 7) is 4.90. The fourth-order valence-electron chi connectivity index (χ4n) is 4.32. The van der Waals surface area contributed by atoms with Gasteiger partial charge in [0.2, 0.25) is 5.91 Å². The van der Waals surface area contributed by atoms with E-state index in [0.29, 0.717) is 6.54 Å². The number of carbonyl (C=O) groups is 1. The van der Waals surface area contributed by atoms with Gasteiger partial charge in [0.05, 0.1) is 5.92 Å². The molecule has 0 spiro atoms. The van der Waals surface area contributed by atoms with Crippen molar-refractivity contribution in [1.29, 1.82) is 0 Å². The van der Waals surface area contributed by atoms with Gasteiger partial charge >= 0.3 is 10.1 Å². The smallest absolute Gasteiger partial charge is 0.339 e. The van der Waals surface area contributed by atoms with Gasteiger partial charge in [0.25, 0.3) is 0 Å². The molecule has 0 saturated carbocycles. The van der Waals surface area contributed by atoms with E-state index in [1.165, 1.54) is 6.07 Å². The number of benzene rings is 4. The average Bonchev–Trinajstić information content (AvgIpc) is 2.90. The molecule has 0 fully saturated rings. The molecule has 0 bridgehead atoms. The van der Waals surface area contributed by atoms with Crippen LogP contribution in [0, 0.1) is 11.7 Å². The molecule has 0 aliphatic carbocycles. The first-order valence-electron chi connectivity index (χ1n) is 12.4. The van der Waals surface area contributed by atoms with Gasteiger partial charge in [-0.15, -0.1) is 0 Å². The van der Waals surface area contributed by atoms with E-state index in [1.807, 2.05) is 71.6 Å². The summed E-state index contributed by atoms with van der Waals surface area (Å²) in [5.41, 5.74) is 2.53. The van der Waals surface area contributed by atoms with Crippen molar-refractivity contribution in [3.05, 3.63) is 132 Å². The van der Waals surface area contributed by atoms with Crippen molar-refractivity contribution in [2.24, 2.45) is 5.92 Å². The Hall–Kier alpha value is -3.97. The zero-order chi connectivity index (χ0) is 27.1. The summed E-state index contributed by atoms with van der Waals surface area (Å²) in [4.78, 5) is 15.7. The summed E-state index contributed by atoms with van der Waals surface area (Å²) >= 11 is 0. The molecule has 196 valence electrons. The van der Waals surface area contributed by atoms with Gasteiger partial charge in [-0.1, -0.05) is 86.6 Å². The molecular weight excluding hydrogens is 501 g/mol. The van der Waals surface area contributed by atoms with Crippen molar-refractivity contribution in [2.75, 3.05) is 6.54 Å². The molecular formula is C31H30FNO4S. The molecule has 7 heteroatoms. The van der Waals surface area contributed by atoms with Crippen molar-refractivity contribution in [1.82, 2.24) is 4.90 Å². The number of nitrogens with zero attached hydrogens (tertiary/aromatic N) is 1. The van der Waals surface area contributed by atoms with Crippen LogP contribution in [0.2, 0.25) is 0 Å². The Morgan fingerprint density at radius 1 is 0.816 bits per heavy atom. The summed E-state index contributed by atoms with van der Waals surface area (Å²) in [6, 6.07) is 30.5. The predicted octanol–water partition coefficient (Wildman–Crippen LogP) is 6.41. The number of amides is 1. The second kappa shape index (κ2) is 12.0. The fraction of sp³-hybridized carbons (Fsp3) is 0.194. The first-order valence-corrected chi connectivity index (χ1v) is 13.8. The summed E-state index contributed by atoms with van der Waals surface area (Å²) in [7, 11) is -4.14. The predicted molar refractivity (Wildman–Crippen MR) is 146 cm³/mol. The highest BCUT2D eigenvalue weighted by Crippen LogP contribution is 2.29. The Kier molecular flexibility index (Phi) is 8.59. The van der Waals surface area contributed by atoms with Crippen molar-refractivity contribution in [3.63, 3.8) is 0 Å². The highest BCUT2D eigenvalue weighted by Gasteiger charge is 2.28. The molecule has 0 aliphatic rings. The highest BCUT2D eigenvalue weighted by molar-refractivity contribution is 7.87. The SMILES string of the molecule is CC(C)CN(Cc1cccc(OS(=O)(=O)c2ccc(F)cc2)c1)C(=O)C(c1ccccc1)c1ccccc1. The molecule has 4 aromatic carbocycles. The van der Waals surface area contributed by atoms with Crippen LogP contribution in [0.5, 0.6) is 5.75 Å². The largest absolute Gasteiger partial charge is 0.379 e. The van der Waals surface area contributed by atoms with Crippen LogP contribution in [0.15, 0.2) is 114 Å². The number of carbonyl (C=O) groups excluding carboxylic acids is 1.